The number of ether oxygens (including phenoxy) is 1. The van der Waals surface area contributed by atoms with Crippen molar-refractivity contribution in [3.05, 3.63) is 35.4 Å². The molecule has 2 aliphatic heterocycles. The molecule has 0 aliphatic carbocycles. The number of cyclic esters (lactones) is 1. The Labute approximate surface area is 160 Å². The Kier molecular flexibility index (Phi) is 6.14. The Balaban J connectivity index is 1.70. The summed E-state index contributed by atoms with van der Waals surface area (Å²) in [5, 5.41) is 3.02. The monoisotopic (exact) mass is 372 g/mol. The third-order valence-corrected chi connectivity index (χ3v) is 5.58. The number of esters is 1. The summed E-state index contributed by atoms with van der Waals surface area (Å²) in [7, 11) is 0. The fourth-order valence-corrected chi connectivity index (χ4v) is 3.89. The molecule has 2 amide bonds. The molecule has 1 fully saturated rings. The van der Waals surface area contributed by atoms with Crippen molar-refractivity contribution in [3.8, 4) is 0 Å². The maximum atomic E-state index is 12.8. The Bertz CT molecular complexity index is 718. The van der Waals surface area contributed by atoms with E-state index < -0.39 is 18.2 Å². The number of unbranched alkanes of at least 4 members (excludes halogenated alkanes) is 1. The van der Waals surface area contributed by atoms with Gasteiger partial charge in [0.1, 0.15) is 6.04 Å². The van der Waals surface area contributed by atoms with E-state index in [2.05, 4.69) is 19.2 Å². The van der Waals surface area contributed by atoms with Gasteiger partial charge in [0.25, 0.3) is 0 Å². The van der Waals surface area contributed by atoms with Gasteiger partial charge in [-0.3, -0.25) is 14.5 Å². The molecular weight excluding hydrogens is 344 g/mol. The lowest BCUT2D eigenvalue weighted by atomic mass is 9.99. The maximum absolute atomic E-state index is 12.8. The summed E-state index contributed by atoms with van der Waals surface area (Å²) in [4.78, 5) is 38.8. The molecule has 1 aromatic carbocycles. The summed E-state index contributed by atoms with van der Waals surface area (Å²) in [6.45, 7) is 4.91. The van der Waals surface area contributed by atoms with Gasteiger partial charge in [-0.05, 0) is 24.8 Å². The highest BCUT2D eigenvalue weighted by Gasteiger charge is 2.46. The molecule has 146 valence electrons. The minimum Gasteiger partial charge on any atom is -0.433 e. The van der Waals surface area contributed by atoms with Gasteiger partial charge < -0.3 is 10.1 Å². The topological polar surface area (TPSA) is 75.7 Å². The Morgan fingerprint density at radius 2 is 2.07 bits per heavy atom. The maximum Gasteiger partial charge on any atom is 0.340 e. The van der Waals surface area contributed by atoms with E-state index in [1.54, 1.807) is 18.2 Å². The van der Waals surface area contributed by atoms with Crippen LogP contribution in [0.25, 0.3) is 0 Å². The fraction of sp³-hybridized carbons (Fsp3) is 0.571. The predicted molar refractivity (Wildman–Crippen MR) is 101 cm³/mol. The highest BCUT2D eigenvalue weighted by molar-refractivity contribution is 5.96. The number of carbonyl (C=O) groups is 3. The van der Waals surface area contributed by atoms with Crippen molar-refractivity contribution in [1.82, 2.24) is 10.2 Å². The molecule has 6 heteroatoms. The Morgan fingerprint density at radius 1 is 1.30 bits per heavy atom. The molecule has 3 atom stereocenters. The molecule has 0 unspecified atom stereocenters. The van der Waals surface area contributed by atoms with Crippen molar-refractivity contribution in [2.45, 2.75) is 64.6 Å². The normalized spacial score (nSPS) is 22.5. The van der Waals surface area contributed by atoms with E-state index in [0.29, 0.717) is 36.4 Å². The van der Waals surface area contributed by atoms with Crippen molar-refractivity contribution >= 4 is 17.8 Å². The zero-order valence-corrected chi connectivity index (χ0v) is 16.1. The van der Waals surface area contributed by atoms with Crippen LogP contribution >= 0.6 is 0 Å². The van der Waals surface area contributed by atoms with Crippen molar-refractivity contribution in [2.24, 2.45) is 5.92 Å². The molecule has 0 aromatic heterocycles. The van der Waals surface area contributed by atoms with E-state index in [-0.39, 0.29) is 11.8 Å². The summed E-state index contributed by atoms with van der Waals surface area (Å²) < 4.78 is 5.45. The number of rotatable bonds is 8. The molecule has 0 bridgehead atoms. The number of benzene rings is 1. The first-order valence-electron chi connectivity index (χ1n) is 9.95. The van der Waals surface area contributed by atoms with Gasteiger partial charge in [-0.15, -0.1) is 0 Å². The molecule has 2 heterocycles. The van der Waals surface area contributed by atoms with Crippen molar-refractivity contribution in [1.29, 1.82) is 0 Å². The van der Waals surface area contributed by atoms with Crippen LogP contribution in [0.3, 0.4) is 0 Å². The zero-order chi connectivity index (χ0) is 19.4. The number of hydrogen-bond donors (Lipinski definition) is 1. The lowest BCUT2D eigenvalue weighted by Gasteiger charge is -2.29. The fourth-order valence-electron chi connectivity index (χ4n) is 3.89. The summed E-state index contributed by atoms with van der Waals surface area (Å²) in [5.41, 5.74) is 1.12. The van der Waals surface area contributed by atoms with E-state index in [9.17, 15) is 14.4 Å². The quantitative estimate of drug-likeness (QED) is 0.711. The van der Waals surface area contributed by atoms with Crippen LogP contribution in [0.1, 0.15) is 74.5 Å². The van der Waals surface area contributed by atoms with E-state index in [1.807, 2.05) is 6.07 Å². The SMILES string of the molecule is CCCC[C@H](CC)CNC(=O)[C@H]1CCC(=O)N1[C@@H]1OC(=O)c2ccccc21. The molecule has 0 spiro atoms. The summed E-state index contributed by atoms with van der Waals surface area (Å²) >= 11 is 0. The second-order valence-corrected chi connectivity index (χ2v) is 7.36. The lowest BCUT2D eigenvalue weighted by molar-refractivity contribution is -0.145. The number of likely N-dealkylation sites (tertiary alicyclic amines) is 1. The van der Waals surface area contributed by atoms with Crippen LogP contribution in [0.5, 0.6) is 0 Å². The molecule has 0 radical (unpaired) electrons. The van der Waals surface area contributed by atoms with Gasteiger partial charge in [-0.2, -0.15) is 0 Å². The molecule has 3 rings (SSSR count). The molecule has 2 aliphatic rings. The third-order valence-electron chi connectivity index (χ3n) is 5.58. The van der Waals surface area contributed by atoms with Gasteiger partial charge in [0.15, 0.2) is 0 Å². The number of carbonyl (C=O) groups excluding carboxylic acids is 3. The lowest BCUT2D eigenvalue weighted by Crippen LogP contribution is -2.47. The minimum atomic E-state index is -0.804. The van der Waals surface area contributed by atoms with Crippen LogP contribution in [-0.2, 0) is 14.3 Å². The van der Waals surface area contributed by atoms with Crippen LogP contribution in [0.15, 0.2) is 24.3 Å². The van der Waals surface area contributed by atoms with Crippen molar-refractivity contribution < 1.29 is 19.1 Å². The number of amides is 2. The summed E-state index contributed by atoms with van der Waals surface area (Å²) in [6.07, 6.45) is 4.34. The van der Waals surface area contributed by atoms with Crippen LogP contribution in [0, 0.1) is 5.92 Å². The Hall–Kier alpha value is -2.37. The smallest absolute Gasteiger partial charge is 0.340 e. The molecule has 27 heavy (non-hydrogen) atoms. The number of fused-ring (bicyclic) bond motifs is 1. The average Bonchev–Trinajstić information content (AvgIpc) is 3.22. The highest BCUT2D eigenvalue weighted by Crippen LogP contribution is 2.38. The van der Waals surface area contributed by atoms with Crippen LogP contribution in [0.2, 0.25) is 0 Å². The van der Waals surface area contributed by atoms with Gasteiger partial charge in [0.2, 0.25) is 18.0 Å². The third kappa shape index (κ3) is 3.99. The Morgan fingerprint density at radius 3 is 2.81 bits per heavy atom. The summed E-state index contributed by atoms with van der Waals surface area (Å²) in [5.74, 6) is -0.302. The first-order valence-corrected chi connectivity index (χ1v) is 9.95. The molecule has 1 aromatic rings. The number of nitrogens with one attached hydrogen (secondary N) is 1. The largest absolute Gasteiger partial charge is 0.433 e. The molecule has 1 saturated heterocycles. The number of nitrogens with zero attached hydrogens (tertiary/aromatic N) is 1. The standard InChI is InChI=1S/C21H28N2O4/c1-3-5-8-14(4-2)13-22-19(25)17-11-12-18(24)23(17)20-15-9-6-7-10-16(15)21(26)27-20/h6-7,9-10,14,17,20H,3-5,8,11-13H2,1-2H3,(H,22,25)/t14-,17+,20+/m0/s1. The van der Waals surface area contributed by atoms with E-state index in [0.717, 1.165) is 25.7 Å². The second-order valence-electron chi connectivity index (χ2n) is 7.36. The van der Waals surface area contributed by atoms with Crippen LogP contribution < -0.4 is 5.32 Å². The summed E-state index contributed by atoms with van der Waals surface area (Å²) in [6, 6.07) is 6.45. The molecule has 6 nitrogen and oxygen atoms in total. The van der Waals surface area contributed by atoms with Gasteiger partial charge in [0, 0.05) is 18.5 Å². The van der Waals surface area contributed by atoms with E-state index in [1.165, 1.54) is 4.90 Å². The molecule has 1 N–H and O–H groups in total. The van der Waals surface area contributed by atoms with Gasteiger partial charge in [-0.25, -0.2) is 4.79 Å². The van der Waals surface area contributed by atoms with Crippen molar-refractivity contribution in [3.63, 3.8) is 0 Å². The first-order chi connectivity index (χ1) is 13.1. The van der Waals surface area contributed by atoms with Crippen LogP contribution in [-0.4, -0.2) is 35.3 Å². The second kappa shape index (κ2) is 8.55. The number of hydrogen-bond acceptors (Lipinski definition) is 4. The predicted octanol–water partition coefficient (Wildman–Crippen LogP) is 3.18. The average molecular weight is 372 g/mol. The van der Waals surface area contributed by atoms with Crippen LogP contribution in [0.4, 0.5) is 0 Å². The molecular formula is C21H28N2O4. The van der Waals surface area contributed by atoms with Gasteiger partial charge in [0.05, 0.1) is 5.56 Å². The minimum absolute atomic E-state index is 0.150. The first kappa shape index (κ1) is 19.4. The zero-order valence-electron chi connectivity index (χ0n) is 16.1. The van der Waals surface area contributed by atoms with E-state index in [4.69, 9.17) is 4.74 Å². The van der Waals surface area contributed by atoms with Crippen molar-refractivity contribution in [2.75, 3.05) is 6.54 Å². The van der Waals surface area contributed by atoms with Gasteiger partial charge in [-0.1, -0.05) is 51.3 Å². The highest BCUT2D eigenvalue weighted by atomic mass is 16.6. The van der Waals surface area contributed by atoms with E-state index >= 15 is 0 Å². The van der Waals surface area contributed by atoms with Gasteiger partial charge >= 0.3 is 5.97 Å². The molecule has 0 saturated carbocycles.